The fraction of sp³-hybridized carbons (Fsp3) is 0. The molecule has 0 spiro atoms. The molecular formula is C45H27N3O2. The maximum atomic E-state index is 14.8. The highest BCUT2D eigenvalue weighted by atomic mass is 16.2. The summed E-state index contributed by atoms with van der Waals surface area (Å²) >= 11 is 0. The average molecular weight is 642 g/mol. The predicted octanol–water partition coefficient (Wildman–Crippen LogP) is 10.5. The van der Waals surface area contributed by atoms with E-state index in [2.05, 4.69) is 28.8 Å². The Morgan fingerprint density at radius 2 is 1.08 bits per heavy atom. The lowest BCUT2D eigenvalue weighted by molar-refractivity contribution is 0.0926. The molecule has 5 nitrogen and oxygen atoms in total. The third kappa shape index (κ3) is 4.55. The van der Waals surface area contributed by atoms with Crippen LogP contribution < -0.4 is 4.90 Å². The first-order valence-corrected chi connectivity index (χ1v) is 16.4. The Bertz CT molecular complexity index is 2640. The molecule has 234 valence electrons. The zero-order valence-electron chi connectivity index (χ0n) is 26.7. The lowest BCUT2D eigenvalue weighted by Gasteiger charge is -2.18. The molecule has 0 unspecified atom stereocenters. The summed E-state index contributed by atoms with van der Waals surface area (Å²) in [6.45, 7) is 0. The van der Waals surface area contributed by atoms with Crippen LogP contribution >= 0.6 is 0 Å². The summed E-state index contributed by atoms with van der Waals surface area (Å²) in [5.41, 5.74) is 9.82. The molecule has 0 radical (unpaired) electrons. The molecule has 50 heavy (non-hydrogen) atoms. The summed E-state index contributed by atoms with van der Waals surface area (Å²) in [4.78, 5) is 30.5. The number of fused-ring (bicyclic) bond motifs is 4. The minimum Gasteiger partial charge on any atom is -0.308 e. The number of imide groups is 1. The molecule has 1 aliphatic rings. The molecule has 0 saturated heterocycles. The molecule has 0 aliphatic carbocycles. The summed E-state index contributed by atoms with van der Waals surface area (Å²) in [5, 5.41) is 11.7. The quantitative estimate of drug-likeness (QED) is 0.176. The second-order valence-corrected chi connectivity index (χ2v) is 12.4. The summed E-state index contributed by atoms with van der Waals surface area (Å²) < 4.78 is 2.10. The number of rotatable bonds is 5. The molecule has 0 atom stereocenters. The van der Waals surface area contributed by atoms with E-state index in [4.69, 9.17) is 0 Å². The van der Waals surface area contributed by atoms with E-state index in [1.807, 2.05) is 133 Å². The summed E-state index contributed by atoms with van der Waals surface area (Å²) in [6.07, 6.45) is 0. The van der Waals surface area contributed by atoms with E-state index in [9.17, 15) is 14.9 Å². The van der Waals surface area contributed by atoms with E-state index < -0.39 is 0 Å². The Labute approximate surface area is 288 Å². The van der Waals surface area contributed by atoms with E-state index in [-0.39, 0.29) is 11.8 Å². The van der Waals surface area contributed by atoms with Crippen LogP contribution in [0.4, 0.5) is 5.69 Å². The van der Waals surface area contributed by atoms with Crippen LogP contribution in [0.2, 0.25) is 0 Å². The number of hydrogen-bond donors (Lipinski definition) is 0. The summed E-state index contributed by atoms with van der Waals surface area (Å²) in [7, 11) is 0. The van der Waals surface area contributed by atoms with Crippen molar-refractivity contribution >= 4 is 39.3 Å². The van der Waals surface area contributed by atoms with Crippen molar-refractivity contribution in [3.05, 3.63) is 180 Å². The Balaban J connectivity index is 1.27. The molecule has 9 rings (SSSR count). The van der Waals surface area contributed by atoms with Crippen molar-refractivity contribution in [2.24, 2.45) is 0 Å². The lowest BCUT2D eigenvalue weighted by atomic mass is 9.97. The van der Waals surface area contributed by atoms with E-state index in [1.54, 1.807) is 12.1 Å². The van der Waals surface area contributed by atoms with Crippen LogP contribution in [0, 0.1) is 11.3 Å². The topological polar surface area (TPSA) is 66.1 Å². The van der Waals surface area contributed by atoms with Gasteiger partial charge in [0.15, 0.2) is 0 Å². The third-order valence-corrected chi connectivity index (χ3v) is 9.52. The molecular weight excluding hydrogens is 615 g/mol. The Hall–Kier alpha value is -7.03. The number of para-hydroxylation sites is 2. The zero-order chi connectivity index (χ0) is 33.8. The van der Waals surface area contributed by atoms with Gasteiger partial charge < -0.3 is 4.57 Å². The van der Waals surface area contributed by atoms with Gasteiger partial charge in [-0.15, -0.1) is 0 Å². The maximum absolute atomic E-state index is 14.8. The smallest absolute Gasteiger partial charge is 0.268 e. The molecule has 2 amide bonds. The molecule has 2 heterocycles. The van der Waals surface area contributed by atoms with Gasteiger partial charge in [0.2, 0.25) is 0 Å². The second-order valence-electron chi connectivity index (χ2n) is 12.4. The number of benzene rings is 7. The number of hydrogen-bond acceptors (Lipinski definition) is 3. The van der Waals surface area contributed by atoms with Crippen molar-refractivity contribution in [2.75, 3.05) is 4.90 Å². The van der Waals surface area contributed by atoms with Gasteiger partial charge >= 0.3 is 0 Å². The van der Waals surface area contributed by atoms with Gasteiger partial charge in [0.1, 0.15) is 0 Å². The molecule has 0 bridgehead atoms. The van der Waals surface area contributed by atoms with Gasteiger partial charge in [-0.25, -0.2) is 4.90 Å². The van der Waals surface area contributed by atoms with Gasteiger partial charge in [-0.1, -0.05) is 115 Å². The Kier molecular flexibility index (Phi) is 6.75. The highest BCUT2D eigenvalue weighted by Gasteiger charge is 2.40. The molecule has 8 aromatic rings. The van der Waals surface area contributed by atoms with Crippen LogP contribution in [-0.2, 0) is 0 Å². The van der Waals surface area contributed by atoms with Gasteiger partial charge in [0.25, 0.3) is 11.8 Å². The van der Waals surface area contributed by atoms with E-state index in [0.29, 0.717) is 28.1 Å². The number of nitriles is 1. The van der Waals surface area contributed by atoms with E-state index in [1.165, 1.54) is 4.90 Å². The number of carbonyl (C=O) groups is 2. The number of nitrogens with zero attached hydrogens (tertiary/aromatic N) is 3. The fourth-order valence-corrected chi connectivity index (χ4v) is 7.28. The van der Waals surface area contributed by atoms with Gasteiger partial charge in [0.05, 0.1) is 45.2 Å². The van der Waals surface area contributed by atoms with Crippen molar-refractivity contribution in [3.63, 3.8) is 0 Å². The van der Waals surface area contributed by atoms with E-state index >= 15 is 0 Å². The zero-order valence-corrected chi connectivity index (χ0v) is 26.7. The monoisotopic (exact) mass is 641 g/mol. The molecule has 0 N–H and O–H groups in total. The number of amides is 2. The van der Waals surface area contributed by atoms with Gasteiger partial charge in [-0.2, -0.15) is 5.26 Å². The SMILES string of the molecule is N#Cc1cccc(-c2cccc3c4ccccc4n(-c4cccc5c4C(=O)N(c4cc(-c6ccccc6)cc(-c6ccccc6)c4)C5=O)c23)c1. The standard InChI is InChI=1S/C45H27N3O2/c46-28-29-12-9-17-32(24-29)36-19-10-20-38-37-18-7-8-22-40(37)48(43(36)38)41-23-11-21-39-42(41)45(50)47(44(39)49)35-26-33(30-13-3-1-4-14-30)25-34(27-35)31-15-5-2-6-16-31/h1-27H. The number of aromatic nitrogens is 1. The maximum Gasteiger partial charge on any atom is 0.268 e. The van der Waals surface area contributed by atoms with Crippen LogP contribution in [0.15, 0.2) is 164 Å². The first-order chi connectivity index (χ1) is 24.6. The first kappa shape index (κ1) is 29.1. The van der Waals surface area contributed by atoms with Gasteiger partial charge in [-0.3, -0.25) is 9.59 Å². The lowest BCUT2D eigenvalue weighted by Crippen LogP contribution is -2.29. The normalized spacial score (nSPS) is 12.4. The van der Waals surface area contributed by atoms with Crippen molar-refractivity contribution in [3.8, 4) is 45.1 Å². The largest absolute Gasteiger partial charge is 0.308 e. The van der Waals surface area contributed by atoms with Crippen LogP contribution in [0.3, 0.4) is 0 Å². The molecule has 7 aromatic carbocycles. The Morgan fingerprint density at radius 3 is 1.80 bits per heavy atom. The predicted molar refractivity (Wildman–Crippen MR) is 199 cm³/mol. The molecule has 1 aliphatic heterocycles. The number of anilines is 1. The van der Waals surface area contributed by atoms with Crippen molar-refractivity contribution < 1.29 is 9.59 Å². The van der Waals surface area contributed by atoms with Crippen LogP contribution in [0.25, 0.3) is 60.9 Å². The molecule has 0 fully saturated rings. The minimum atomic E-state index is -0.375. The summed E-state index contributed by atoms with van der Waals surface area (Å²) in [6, 6.07) is 55.5. The summed E-state index contributed by atoms with van der Waals surface area (Å²) in [5.74, 6) is -0.738. The molecule has 1 aromatic heterocycles. The van der Waals surface area contributed by atoms with Crippen LogP contribution in [0.1, 0.15) is 26.3 Å². The van der Waals surface area contributed by atoms with Crippen LogP contribution in [-0.4, -0.2) is 16.4 Å². The van der Waals surface area contributed by atoms with E-state index in [0.717, 1.165) is 55.2 Å². The average Bonchev–Trinajstić information content (AvgIpc) is 3.66. The Morgan fingerprint density at radius 1 is 0.480 bits per heavy atom. The highest BCUT2D eigenvalue weighted by Crippen LogP contribution is 2.42. The first-order valence-electron chi connectivity index (χ1n) is 16.4. The van der Waals surface area contributed by atoms with Crippen LogP contribution in [0.5, 0.6) is 0 Å². The van der Waals surface area contributed by atoms with Gasteiger partial charge in [0, 0.05) is 16.3 Å². The molecule has 5 heteroatoms. The van der Waals surface area contributed by atoms with Crippen molar-refractivity contribution in [1.82, 2.24) is 4.57 Å². The number of carbonyl (C=O) groups excluding carboxylic acids is 2. The molecule has 0 saturated carbocycles. The highest BCUT2D eigenvalue weighted by molar-refractivity contribution is 6.36. The fourth-order valence-electron chi connectivity index (χ4n) is 7.28. The second kappa shape index (κ2) is 11.6. The van der Waals surface area contributed by atoms with Crippen molar-refractivity contribution in [2.45, 2.75) is 0 Å². The minimum absolute atomic E-state index is 0.354. The third-order valence-electron chi connectivity index (χ3n) is 9.52. The van der Waals surface area contributed by atoms with Crippen molar-refractivity contribution in [1.29, 1.82) is 5.26 Å². The van der Waals surface area contributed by atoms with Gasteiger partial charge in [-0.05, 0) is 76.3 Å².